The summed E-state index contributed by atoms with van der Waals surface area (Å²) < 4.78 is 8.53. The first-order chi connectivity index (χ1) is 15.6. The molecule has 4 aromatic rings. The SMILES string of the molecule is CCc1nc2cc(OC3CCNCC3)ccc2n1Cc1ccc(C(=N)N)c2ccccc12. The van der Waals surface area contributed by atoms with Gasteiger partial charge in [-0.2, -0.15) is 0 Å². The Bertz CT molecular complexity index is 1290. The summed E-state index contributed by atoms with van der Waals surface area (Å²) in [6.07, 6.45) is 3.20. The highest BCUT2D eigenvalue weighted by molar-refractivity contribution is 6.08. The summed E-state index contributed by atoms with van der Waals surface area (Å²) in [6, 6.07) is 18.5. The summed E-state index contributed by atoms with van der Waals surface area (Å²) >= 11 is 0. The number of rotatable bonds is 6. The van der Waals surface area contributed by atoms with Gasteiger partial charge in [-0.15, -0.1) is 0 Å². The molecular formula is C26H29N5O. The van der Waals surface area contributed by atoms with E-state index in [1.807, 2.05) is 24.3 Å². The zero-order chi connectivity index (χ0) is 22.1. The third-order valence-corrected chi connectivity index (χ3v) is 6.34. The Labute approximate surface area is 187 Å². The van der Waals surface area contributed by atoms with E-state index in [1.165, 1.54) is 5.56 Å². The van der Waals surface area contributed by atoms with Crippen LogP contribution in [0.25, 0.3) is 21.8 Å². The van der Waals surface area contributed by atoms with Gasteiger partial charge >= 0.3 is 0 Å². The monoisotopic (exact) mass is 427 g/mol. The molecule has 6 nitrogen and oxygen atoms in total. The highest BCUT2D eigenvalue weighted by Crippen LogP contribution is 2.28. The Morgan fingerprint density at radius 2 is 1.91 bits per heavy atom. The maximum Gasteiger partial charge on any atom is 0.123 e. The van der Waals surface area contributed by atoms with Gasteiger partial charge in [0.1, 0.15) is 23.5 Å². The Morgan fingerprint density at radius 3 is 2.66 bits per heavy atom. The van der Waals surface area contributed by atoms with Crippen LogP contribution in [0.3, 0.4) is 0 Å². The van der Waals surface area contributed by atoms with Gasteiger partial charge in [0, 0.05) is 24.6 Å². The molecule has 0 atom stereocenters. The first kappa shape index (κ1) is 20.5. The lowest BCUT2D eigenvalue weighted by Crippen LogP contribution is -2.34. The highest BCUT2D eigenvalue weighted by Gasteiger charge is 2.17. The largest absolute Gasteiger partial charge is 0.490 e. The number of fused-ring (bicyclic) bond motifs is 2. The summed E-state index contributed by atoms with van der Waals surface area (Å²) in [5.41, 5.74) is 9.86. The number of nitrogens with zero attached hydrogens (tertiary/aromatic N) is 2. The van der Waals surface area contributed by atoms with Gasteiger partial charge < -0.3 is 20.4 Å². The number of amidine groups is 1. The summed E-state index contributed by atoms with van der Waals surface area (Å²) in [7, 11) is 0. The number of aryl methyl sites for hydroxylation is 1. The van der Waals surface area contributed by atoms with E-state index in [9.17, 15) is 0 Å². The van der Waals surface area contributed by atoms with E-state index in [2.05, 4.69) is 47.1 Å². The van der Waals surface area contributed by atoms with Gasteiger partial charge in [0.25, 0.3) is 0 Å². The second kappa shape index (κ2) is 8.63. The number of nitrogen functional groups attached to an aromatic ring is 1. The zero-order valence-electron chi connectivity index (χ0n) is 18.4. The number of hydrogen-bond acceptors (Lipinski definition) is 4. The van der Waals surface area contributed by atoms with Gasteiger partial charge in [0.05, 0.1) is 11.0 Å². The molecule has 164 valence electrons. The van der Waals surface area contributed by atoms with E-state index >= 15 is 0 Å². The zero-order valence-corrected chi connectivity index (χ0v) is 18.4. The maximum absolute atomic E-state index is 7.92. The molecule has 3 aromatic carbocycles. The normalized spacial score (nSPS) is 14.8. The van der Waals surface area contributed by atoms with Crippen LogP contribution in [0.2, 0.25) is 0 Å². The molecule has 1 aliphatic heterocycles. The second-order valence-corrected chi connectivity index (χ2v) is 8.42. The lowest BCUT2D eigenvalue weighted by molar-refractivity contribution is 0.162. The molecule has 0 amide bonds. The smallest absolute Gasteiger partial charge is 0.123 e. The Kier molecular flexibility index (Phi) is 5.53. The van der Waals surface area contributed by atoms with E-state index < -0.39 is 0 Å². The van der Waals surface area contributed by atoms with Crippen LogP contribution in [0.5, 0.6) is 5.75 Å². The van der Waals surface area contributed by atoms with Crippen LogP contribution in [-0.4, -0.2) is 34.6 Å². The van der Waals surface area contributed by atoms with Crippen LogP contribution in [-0.2, 0) is 13.0 Å². The number of hydrogen-bond donors (Lipinski definition) is 3. The average molecular weight is 428 g/mol. The third-order valence-electron chi connectivity index (χ3n) is 6.34. The molecule has 1 fully saturated rings. The van der Waals surface area contributed by atoms with Gasteiger partial charge in [-0.25, -0.2) is 4.98 Å². The van der Waals surface area contributed by atoms with Crippen molar-refractivity contribution < 1.29 is 4.74 Å². The van der Waals surface area contributed by atoms with E-state index in [1.54, 1.807) is 0 Å². The summed E-state index contributed by atoms with van der Waals surface area (Å²) in [5.74, 6) is 2.04. The summed E-state index contributed by atoms with van der Waals surface area (Å²) in [4.78, 5) is 4.92. The average Bonchev–Trinajstić information content (AvgIpc) is 3.16. The quantitative estimate of drug-likeness (QED) is 0.318. The van der Waals surface area contributed by atoms with Gasteiger partial charge in [0.2, 0.25) is 0 Å². The Hall–Kier alpha value is -3.38. The van der Waals surface area contributed by atoms with Crippen molar-refractivity contribution in [1.82, 2.24) is 14.9 Å². The van der Waals surface area contributed by atoms with Crippen LogP contribution in [0.1, 0.15) is 36.7 Å². The topological polar surface area (TPSA) is 89.0 Å². The van der Waals surface area contributed by atoms with Crippen molar-refractivity contribution in [2.24, 2.45) is 5.73 Å². The van der Waals surface area contributed by atoms with Crippen molar-refractivity contribution in [1.29, 1.82) is 5.41 Å². The molecule has 0 bridgehead atoms. The molecule has 0 saturated carbocycles. The van der Waals surface area contributed by atoms with Crippen LogP contribution in [0.15, 0.2) is 54.6 Å². The number of benzene rings is 3. The van der Waals surface area contributed by atoms with Crippen molar-refractivity contribution in [3.8, 4) is 5.75 Å². The third kappa shape index (κ3) is 3.82. The predicted octanol–water partition coefficient (Wildman–Crippen LogP) is 4.22. The first-order valence-electron chi connectivity index (χ1n) is 11.4. The Balaban J connectivity index is 1.51. The lowest BCUT2D eigenvalue weighted by atomic mass is 9.99. The molecule has 0 radical (unpaired) electrons. The second-order valence-electron chi connectivity index (χ2n) is 8.42. The van der Waals surface area contributed by atoms with Crippen molar-refractivity contribution in [3.63, 3.8) is 0 Å². The summed E-state index contributed by atoms with van der Waals surface area (Å²) in [5, 5.41) is 13.4. The van der Waals surface area contributed by atoms with Gasteiger partial charge in [-0.3, -0.25) is 5.41 Å². The van der Waals surface area contributed by atoms with Crippen LogP contribution >= 0.6 is 0 Å². The van der Waals surface area contributed by atoms with E-state index in [4.69, 9.17) is 20.9 Å². The number of nitrogens with one attached hydrogen (secondary N) is 2. The lowest BCUT2D eigenvalue weighted by Gasteiger charge is -2.23. The van der Waals surface area contributed by atoms with Crippen molar-refractivity contribution in [2.75, 3.05) is 13.1 Å². The van der Waals surface area contributed by atoms with Gasteiger partial charge in [-0.05, 0) is 54.4 Å². The summed E-state index contributed by atoms with van der Waals surface area (Å²) in [6.45, 7) is 4.88. The van der Waals surface area contributed by atoms with Crippen LogP contribution in [0.4, 0.5) is 0 Å². The standard InChI is InChI=1S/C26H29N5O/c1-2-25-30-23-15-19(32-18-11-13-29-14-12-18)8-10-24(23)31(25)16-17-7-9-22(26(27)28)21-6-4-3-5-20(17)21/h3-10,15,18,29H,2,11-14,16H2,1H3,(H3,27,28). The van der Waals surface area contributed by atoms with E-state index in [0.29, 0.717) is 6.54 Å². The first-order valence-corrected chi connectivity index (χ1v) is 11.4. The fourth-order valence-corrected chi connectivity index (χ4v) is 4.69. The van der Waals surface area contributed by atoms with Gasteiger partial charge in [0.15, 0.2) is 0 Å². The van der Waals surface area contributed by atoms with E-state index in [0.717, 1.165) is 71.3 Å². The molecule has 1 aliphatic rings. The van der Waals surface area contributed by atoms with Gasteiger partial charge in [-0.1, -0.05) is 43.3 Å². The molecular weight excluding hydrogens is 398 g/mol. The number of aromatic nitrogens is 2. The number of ether oxygens (including phenoxy) is 1. The fourth-order valence-electron chi connectivity index (χ4n) is 4.69. The molecule has 0 aliphatic carbocycles. The minimum atomic E-state index is 0.0938. The minimum absolute atomic E-state index is 0.0938. The molecule has 6 heteroatoms. The molecule has 1 saturated heterocycles. The molecule has 4 N–H and O–H groups in total. The maximum atomic E-state index is 7.92. The van der Waals surface area contributed by atoms with Crippen LogP contribution in [0, 0.1) is 5.41 Å². The number of nitrogens with two attached hydrogens (primary N) is 1. The van der Waals surface area contributed by atoms with Crippen molar-refractivity contribution in [2.45, 2.75) is 38.8 Å². The molecule has 5 rings (SSSR count). The molecule has 1 aromatic heterocycles. The van der Waals surface area contributed by atoms with Crippen molar-refractivity contribution in [3.05, 3.63) is 71.5 Å². The van der Waals surface area contributed by atoms with Crippen LogP contribution < -0.4 is 15.8 Å². The highest BCUT2D eigenvalue weighted by atomic mass is 16.5. The molecule has 32 heavy (non-hydrogen) atoms. The fraction of sp³-hybridized carbons (Fsp3) is 0.308. The van der Waals surface area contributed by atoms with E-state index in [-0.39, 0.29) is 11.9 Å². The number of piperidine rings is 1. The molecule has 0 spiro atoms. The minimum Gasteiger partial charge on any atom is -0.490 e. The number of imidazole rings is 1. The van der Waals surface area contributed by atoms with Crippen molar-refractivity contribution >= 4 is 27.6 Å². The Morgan fingerprint density at radius 1 is 1.12 bits per heavy atom. The predicted molar refractivity (Wildman–Crippen MR) is 130 cm³/mol. The molecule has 0 unspecified atom stereocenters. The molecule has 2 heterocycles.